The zero-order valence-corrected chi connectivity index (χ0v) is 17.8. The lowest BCUT2D eigenvalue weighted by Crippen LogP contribution is -2.31. The summed E-state index contributed by atoms with van der Waals surface area (Å²) in [5.41, 5.74) is 2.42. The van der Waals surface area contributed by atoms with Gasteiger partial charge in [-0.05, 0) is 55.3 Å². The number of nitrogens with one attached hydrogen (secondary N) is 2. The largest absolute Gasteiger partial charge is 0.497 e. The van der Waals surface area contributed by atoms with Crippen molar-refractivity contribution in [1.82, 2.24) is 14.8 Å². The van der Waals surface area contributed by atoms with Crippen molar-refractivity contribution in [2.75, 3.05) is 24.4 Å². The molecule has 1 aliphatic rings. The number of hydrogen-bond donors (Lipinski definition) is 3. The lowest BCUT2D eigenvalue weighted by Gasteiger charge is -2.28. The third kappa shape index (κ3) is 4.33. The normalized spacial score (nSPS) is 15.2. The number of amides is 1. The number of fused-ring (bicyclic) bond motifs is 1. The molecular formula is C23H24FN5O3. The number of benzene rings is 2. The predicted molar refractivity (Wildman–Crippen MR) is 118 cm³/mol. The molecule has 4 rings (SSSR count). The molecule has 9 heteroatoms. The van der Waals surface area contributed by atoms with Crippen LogP contribution in [0, 0.1) is 5.82 Å². The highest BCUT2D eigenvalue weighted by Gasteiger charge is 2.34. The average Bonchev–Trinajstić information content (AvgIpc) is 3.20. The Morgan fingerprint density at radius 1 is 1.22 bits per heavy atom. The summed E-state index contributed by atoms with van der Waals surface area (Å²) in [7, 11) is 1.59. The van der Waals surface area contributed by atoms with Gasteiger partial charge in [0.1, 0.15) is 17.6 Å². The zero-order valence-electron chi connectivity index (χ0n) is 17.8. The van der Waals surface area contributed by atoms with Crippen LogP contribution in [0.1, 0.15) is 30.8 Å². The van der Waals surface area contributed by atoms with Gasteiger partial charge in [0.05, 0.1) is 12.7 Å². The molecule has 32 heavy (non-hydrogen) atoms. The van der Waals surface area contributed by atoms with E-state index in [1.165, 1.54) is 24.3 Å². The highest BCUT2D eigenvalue weighted by molar-refractivity contribution is 6.06. The minimum Gasteiger partial charge on any atom is -0.497 e. The molecule has 1 aliphatic heterocycles. The zero-order chi connectivity index (χ0) is 22.7. The average molecular weight is 437 g/mol. The maximum atomic E-state index is 13.3. The van der Waals surface area contributed by atoms with E-state index in [1.54, 1.807) is 11.8 Å². The molecule has 0 fully saturated rings. The molecule has 1 atom stereocenters. The van der Waals surface area contributed by atoms with Gasteiger partial charge in [0.2, 0.25) is 5.95 Å². The summed E-state index contributed by atoms with van der Waals surface area (Å²) in [5.74, 6) is 1.09. The van der Waals surface area contributed by atoms with E-state index < -0.39 is 6.04 Å². The van der Waals surface area contributed by atoms with Crippen LogP contribution >= 0.6 is 0 Å². The third-order valence-electron chi connectivity index (χ3n) is 5.23. The van der Waals surface area contributed by atoms with Crippen LogP contribution in [0.15, 0.2) is 59.8 Å². The summed E-state index contributed by atoms with van der Waals surface area (Å²) < 4.78 is 20.2. The Labute approximate surface area is 184 Å². The topological polar surface area (TPSA) is 101 Å². The van der Waals surface area contributed by atoms with Crippen molar-refractivity contribution in [1.29, 1.82) is 0 Å². The number of allylic oxidation sites excluding steroid dienone is 1. The molecule has 8 nitrogen and oxygen atoms in total. The number of aliphatic hydroxyl groups excluding tert-OH is 1. The number of carbonyl (C=O) groups is 1. The van der Waals surface area contributed by atoms with Crippen LogP contribution in [0.2, 0.25) is 0 Å². The lowest BCUT2D eigenvalue weighted by atomic mass is 9.95. The van der Waals surface area contributed by atoms with Gasteiger partial charge < -0.3 is 20.5 Å². The summed E-state index contributed by atoms with van der Waals surface area (Å²) in [6.45, 7) is 1.85. The fourth-order valence-corrected chi connectivity index (χ4v) is 3.66. The van der Waals surface area contributed by atoms with E-state index in [0.29, 0.717) is 47.3 Å². The summed E-state index contributed by atoms with van der Waals surface area (Å²) in [6.07, 6.45) is 1.06. The maximum absolute atomic E-state index is 13.3. The lowest BCUT2D eigenvalue weighted by molar-refractivity contribution is -0.113. The van der Waals surface area contributed by atoms with Crippen LogP contribution in [0.3, 0.4) is 0 Å². The number of aryl methyl sites for hydroxylation is 1. The number of rotatable bonds is 7. The van der Waals surface area contributed by atoms with Crippen molar-refractivity contribution in [3.8, 4) is 5.75 Å². The number of aliphatic hydroxyl groups is 1. The van der Waals surface area contributed by atoms with E-state index >= 15 is 0 Å². The Morgan fingerprint density at radius 2 is 1.94 bits per heavy atom. The second-order valence-electron chi connectivity index (χ2n) is 7.42. The van der Waals surface area contributed by atoms with Crippen molar-refractivity contribution >= 4 is 17.5 Å². The van der Waals surface area contributed by atoms with Crippen LogP contribution in [0.25, 0.3) is 0 Å². The number of halogens is 1. The first kappa shape index (κ1) is 21.5. The molecule has 0 aliphatic carbocycles. The summed E-state index contributed by atoms with van der Waals surface area (Å²) in [5, 5.41) is 19.8. The molecule has 1 amide bonds. The second kappa shape index (κ2) is 9.19. The quantitative estimate of drug-likeness (QED) is 0.524. The first-order chi connectivity index (χ1) is 15.5. The Morgan fingerprint density at radius 3 is 2.59 bits per heavy atom. The predicted octanol–water partition coefficient (Wildman–Crippen LogP) is 3.28. The van der Waals surface area contributed by atoms with Gasteiger partial charge in [0.25, 0.3) is 5.91 Å². The first-order valence-electron chi connectivity index (χ1n) is 10.2. The first-order valence-corrected chi connectivity index (χ1v) is 10.2. The molecule has 0 unspecified atom stereocenters. The van der Waals surface area contributed by atoms with Crippen molar-refractivity contribution in [2.45, 2.75) is 25.8 Å². The summed E-state index contributed by atoms with van der Waals surface area (Å²) in [6, 6.07) is 12.5. The van der Waals surface area contributed by atoms with Crippen LogP contribution in [0.4, 0.5) is 16.0 Å². The molecule has 0 saturated carbocycles. The Hall–Kier alpha value is -3.72. The van der Waals surface area contributed by atoms with Crippen molar-refractivity contribution in [3.63, 3.8) is 0 Å². The number of aromatic nitrogens is 3. The van der Waals surface area contributed by atoms with Crippen molar-refractivity contribution in [2.24, 2.45) is 0 Å². The van der Waals surface area contributed by atoms with Gasteiger partial charge >= 0.3 is 0 Å². The number of ether oxygens (including phenoxy) is 1. The molecule has 3 aromatic rings. The Balaban J connectivity index is 1.74. The molecule has 0 saturated heterocycles. The van der Waals surface area contributed by atoms with Crippen molar-refractivity contribution < 1.29 is 19.0 Å². The molecule has 0 radical (unpaired) electrons. The van der Waals surface area contributed by atoms with E-state index in [9.17, 15) is 9.18 Å². The number of methoxy groups -OCH3 is 1. The minimum atomic E-state index is -0.534. The van der Waals surface area contributed by atoms with E-state index in [0.717, 1.165) is 5.56 Å². The van der Waals surface area contributed by atoms with Gasteiger partial charge in [0, 0.05) is 24.4 Å². The van der Waals surface area contributed by atoms with E-state index in [-0.39, 0.29) is 18.3 Å². The number of hydrogen-bond acceptors (Lipinski definition) is 6. The van der Waals surface area contributed by atoms with Crippen LogP contribution in [-0.2, 0) is 11.2 Å². The maximum Gasteiger partial charge on any atom is 0.255 e. The van der Waals surface area contributed by atoms with Crippen LogP contribution in [-0.4, -0.2) is 39.5 Å². The van der Waals surface area contributed by atoms with Gasteiger partial charge in [-0.25, -0.2) is 9.07 Å². The molecule has 2 aromatic carbocycles. The molecule has 2 heterocycles. The third-order valence-corrected chi connectivity index (χ3v) is 5.23. The van der Waals surface area contributed by atoms with Gasteiger partial charge in [0.15, 0.2) is 5.82 Å². The molecule has 0 bridgehead atoms. The fraction of sp³-hybridized carbons (Fsp3) is 0.261. The standard InChI is InChI=1S/C23H24FN5O3/c1-14-20(22(31)26-17-9-7-16(24)8-10-17)21(15-5-11-18(32-2)12-6-15)29-23(25-14)27-19(28-29)4-3-13-30/h5-12,21,30H,3-4,13H2,1-2H3,(H,26,31)(H,25,27,28)/t21-/m1/s1. The number of nitrogens with zero attached hydrogens (tertiary/aromatic N) is 3. The van der Waals surface area contributed by atoms with Gasteiger partial charge in [-0.15, -0.1) is 0 Å². The fourth-order valence-electron chi connectivity index (χ4n) is 3.66. The highest BCUT2D eigenvalue weighted by Crippen LogP contribution is 2.36. The Kier molecular flexibility index (Phi) is 6.18. The molecule has 3 N–H and O–H groups in total. The summed E-state index contributed by atoms with van der Waals surface area (Å²) >= 11 is 0. The van der Waals surface area contributed by atoms with Crippen LogP contribution in [0.5, 0.6) is 5.75 Å². The molecular weight excluding hydrogens is 413 g/mol. The SMILES string of the molecule is COc1ccc([C@@H]2C(C(=O)Nc3ccc(F)cc3)=C(C)Nc3nc(CCCO)nn32)cc1. The van der Waals surface area contributed by atoms with E-state index in [1.807, 2.05) is 31.2 Å². The number of carbonyl (C=O) groups excluding carboxylic acids is 1. The molecule has 0 spiro atoms. The Bertz CT molecular complexity index is 1140. The van der Waals surface area contributed by atoms with Crippen LogP contribution < -0.4 is 15.4 Å². The smallest absolute Gasteiger partial charge is 0.255 e. The van der Waals surface area contributed by atoms with Gasteiger partial charge in [-0.2, -0.15) is 10.1 Å². The molecule has 166 valence electrons. The van der Waals surface area contributed by atoms with Crippen molar-refractivity contribution in [3.05, 3.63) is 77.0 Å². The molecule has 1 aromatic heterocycles. The second-order valence-corrected chi connectivity index (χ2v) is 7.42. The van der Waals surface area contributed by atoms with Gasteiger partial charge in [-0.1, -0.05) is 12.1 Å². The van der Waals surface area contributed by atoms with E-state index in [4.69, 9.17) is 9.84 Å². The number of anilines is 2. The van der Waals surface area contributed by atoms with Gasteiger partial charge in [-0.3, -0.25) is 4.79 Å². The van der Waals surface area contributed by atoms with E-state index in [2.05, 4.69) is 20.7 Å². The highest BCUT2D eigenvalue weighted by atomic mass is 19.1. The monoisotopic (exact) mass is 437 g/mol. The summed E-state index contributed by atoms with van der Waals surface area (Å²) in [4.78, 5) is 17.9. The minimum absolute atomic E-state index is 0.0435.